The molecular weight excluding hydrogens is 116 g/mol. The van der Waals surface area contributed by atoms with Gasteiger partial charge in [0.1, 0.15) is 6.29 Å². The molecule has 2 heteroatoms. The average Bonchev–Trinajstić information content (AvgIpc) is 2.62. The van der Waals surface area contributed by atoms with E-state index in [1.54, 1.807) is 0 Å². The van der Waals surface area contributed by atoms with Gasteiger partial charge in [0.25, 0.3) is 0 Å². The van der Waals surface area contributed by atoms with E-state index in [9.17, 15) is 4.79 Å². The van der Waals surface area contributed by atoms with Crippen LogP contribution in [0.2, 0.25) is 0 Å². The Morgan fingerprint density at radius 3 is 2.78 bits per heavy atom. The van der Waals surface area contributed by atoms with E-state index in [4.69, 9.17) is 4.74 Å². The molecule has 52 valence electrons. The zero-order valence-electron chi connectivity index (χ0n) is 5.67. The Kier molecular flexibility index (Phi) is 2.22. The monoisotopic (exact) mass is 128 g/mol. The van der Waals surface area contributed by atoms with Crippen LogP contribution in [0.25, 0.3) is 0 Å². The van der Waals surface area contributed by atoms with Crippen LogP contribution in [0.3, 0.4) is 0 Å². The SMILES string of the molecule is CC[C@@H]1O[C@@H]1CCC=O. The summed E-state index contributed by atoms with van der Waals surface area (Å²) in [5.41, 5.74) is 0. The minimum absolute atomic E-state index is 0.403. The van der Waals surface area contributed by atoms with Gasteiger partial charge < -0.3 is 9.53 Å². The normalized spacial score (nSPS) is 32.1. The molecule has 0 N–H and O–H groups in total. The highest BCUT2D eigenvalue weighted by atomic mass is 16.6. The molecule has 0 radical (unpaired) electrons. The van der Waals surface area contributed by atoms with Crippen LogP contribution in [0.15, 0.2) is 0 Å². The van der Waals surface area contributed by atoms with Crippen molar-refractivity contribution in [3.05, 3.63) is 0 Å². The lowest BCUT2D eigenvalue weighted by Gasteiger charge is -1.83. The number of carbonyl (C=O) groups excluding carboxylic acids is 1. The Morgan fingerprint density at radius 2 is 2.33 bits per heavy atom. The molecule has 2 nitrogen and oxygen atoms in total. The molecule has 0 bridgehead atoms. The van der Waals surface area contributed by atoms with Gasteiger partial charge in [-0.25, -0.2) is 0 Å². The first-order chi connectivity index (χ1) is 4.38. The van der Waals surface area contributed by atoms with Crippen molar-refractivity contribution in [2.24, 2.45) is 0 Å². The molecule has 1 rings (SSSR count). The standard InChI is InChI=1S/C7H12O2/c1-2-6-7(9-6)4-3-5-8/h5-7H,2-4H2,1H3/t6-,7+/m0/s1. The van der Waals surface area contributed by atoms with Crippen molar-refractivity contribution in [3.8, 4) is 0 Å². The fourth-order valence-corrected chi connectivity index (χ4v) is 1.02. The fourth-order valence-electron chi connectivity index (χ4n) is 1.02. The summed E-state index contributed by atoms with van der Waals surface area (Å²) in [5.74, 6) is 0. The molecule has 2 atom stereocenters. The maximum Gasteiger partial charge on any atom is 0.120 e. The van der Waals surface area contributed by atoms with Crippen molar-refractivity contribution in [2.75, 3.05) is 0 Å². The van der Waals surface area contributed by atoms with Gasteiger partial charge in [0.15, 0.2) is 0 Å². The Labute approximate surface area is 55.2 Å². The van der Waals surface area contributed by atoms with Crippen LogP contribution in [0.4, 0.5) is 0 Å². The summed E-state index contributed by atoms with van der Waals surface area (Å²) in [5, 5.41) is 0. The van der Waals surface area contributed by atoms with E-state index in [1.807, 2.05) is 0 Å². The van der Waals surface area contributed by atoms with Crippen molar-refractivity contribution in [1.82, 2.24) is 0 Å². The molecule has 0 aromatic heterocycles. The third kappa shape index (κ3) is 1.79. The number of epoxide rings is 1. The molecule has 1 aliphatic heterocycles. The zero-order chi connectivity index (χ0) is 6.69. The van der Waals surface area contributed by atoms with Crippen LogP contribution in [-0.2, 0) is 9.53 Å². The van der Waals surface area contributed by atoms with Crippen LogP contribution >= 0.6 is 0 Å². The molecule has 0 amide bonds. The number of aldehydes is 1. The second-order valence-corrected chi connectivity index (χ2v) is 2.37. The minimum Gasteiger partial charge on any atom is -0.370 e. The van der Waals surface area contributed by atoms with Crippen LogP contribution in [-0.4, -0.2) is 18.5 Å². The average molecular weight is 128 g/mol. The van der Waals surface area contributed by atoms with Crippen molar-refractivity contribution in [3.63, 3.8) is 0 Å². The predicted octanol–water partition coefficient (Wildman–Crippen LogP) is 1.14. The van der Waals surface area contributed by atoms with Gasteiger partial charge in [-0.1, -0.05) is 6.92 Å². The number of hydrogen-bond donors (Lipinski definition) is 0. The molecule has 0 aromatic rings. The van der Waals surface area contributed by atoms with Gasteiger partial charge in [-0.3, -0.25) is 0 Å². The van der Waals surface area contributed by atoms with E-state index in [-0.39, 0.29) is 0 Å². The van der Waals surface area contributed by atoms with Crippen molar-refractivity contribution in [2.45, 2.75) is 38.4 Å². The van der Waals surface area contributed by atoms with Gasteiger partial charge in [-0.05, 0) is 12.8 Å². The van der Waals surface area contributed by atoms with Crippen molar-refractivity contribution < 1.29 is 9.53 Å². The summed E-state index contributed by atoms with van der Waals surface area (Å²) in [4.78, 5) is 9.88. The summed E-state index contributed by atoms with van der Waals surface area (Å²) in [6.45, 7) is 2.10. The van der Waals surface area contributed by atoms with Crippen molar-refractivity contribution >= 4 is 6.29 Å². The van der Waals surface area contributed by atoms with Gasteiger partial charge in [0, 0.05) is 6.42 Å². The predicted molar refractivity (Wildman–Crippen MR) is 34.2 cm³/mol. The van der Waals surface area contributed by atoms with Gasteiger partial charge in [-0.15, -0.1) is 0 Å². The fraction of sp³-hybridized carbons (Fsp3) is 0.857. The van der Waals surface area contributed by atoms with E-state index in [0.29, 0.717) is 18.6 Å². The summed E-state index contributed by atoms with van der Waals surface area (Å²) < 4.78 is 5.21. The quantitative estimate of drug-likeness (QED) is 0.419. The minimum atomic E-state index is 0.403. The third-order valence-corrected chi connectivity index (χ3v) is 1.66. The van der Waals surface area contributed by atoms with Crippen LogP contribution in [0.5, 0.6) is 0 Å². The number of carbonyl (C=O) groups is 1. The lowest BCUT2D eigenvalue weighted by atomic mass is 10.2. The summed E-state index contributed by atoms with van der Waals surface area (Å²) in [6, 6.07) is 0. The van der Waals surface area contributed by atoms with Gasteiger partial charge in [0.05, 0.1) is 12.2 Å². The molecule has 0 aliphatic carbocycles. The van der Waals surface area contributed by atoms with Crippen LogP contribution in [0.1, 0.15) is 26.2 Å². The second kappa shape index (κ2) is 2.97. The molecular formula is C7H12O2. The van der Waals surface area contributed by atoms with Gasteiger partial charge in [0.2, 0.25) is 0 Å². The highest BCUT2D eigenvalue weighted by Gasteiger charge is 2.35. The molecule has 1 fully saturated rings. The first kappa shape index (κ1) is 6.75. The second-order valence-electron chi connectivity index (χ2n) is 2.37. The van der Waals surface area contributed by atoms with E-state index in [1.165, 1.54) is 0 Å². The van der Waals surface area contributed by atoms with Crippen LogP contribution < -0.4 is 0 Å². The van der Waals surface area contributed by atoms with Gasteiger partial charge >= 0.3 is 0 Å². The largest absolute Gasteiger partial charge is 0.370 e. The molecule has 9 heavy (non-hydrogen) atoms. The highest BCUT2D eigenvalue weighted by molar-refractivity contribution is 5.49. The molecule has 0 unspecified atom stereocenters. The Morgan fingerprint density at radius 1 is 1.56 bits per heavy atom. The summed E-state index contributed by atoms with van der Waals surface area (Å²) in [7, 11) is 0. The zero-order valence-corrected chi connectivity index (χ0v) is 5.67. The van der Waals surface area contributed by atoms with E-state index < -0.39 is 0 Å². The van der Waals surface area contributed by atoms with E-state index in [2.05, 4.69) is 6.92 Å². The molecule has 0 aromatic carbocycles. The molecule has 0 spiro atoms. The van der Waals surface area contributed by atoms with Gasteiger partial charge in [-0.2, -0.15) is 0 Å². The van der Waals surface area contributed by atoms with Crippen LogP contribution in [0, 0.1) is 0 Å². The molecule has 1 saturated heterocycles. The third-order valence-electron chi connectivity index (χ3n) is 1.66. The van der Waals surface area contributed by atoms with Crippen molar-refractivity contribution in [1.29, 1.82) is 0 Å². The van der Waals surface area contributed by atoms with E-state index >= 15 is 0 Å². The Bertz CT molecular complexity index is 101. The van der Waals surface area contributed by atoms with E-state index in [0.717, 1.165) is 19.1 Å². The molecule has 0 saturated carbocycles. The lowest BCUT2D eigenvalue weighted by Crippen LogP contribution is -1.91. The summed E-state index contributed by atoms with van der Waals surface area (Å²) >= 11 is 0. The highest BCUT2D eigenvalue weighted by Crippen LogP contribution is 2.28. The number of ether oxygens (including phenoxy) is 1. The number of hydrogen-bond acceptors (Lipinski definition) is 2. The first-order valence-electron chi connectivity index (χ1n) is 3.47. The first-order valence-corrected chi connectivity index (χ1v) is 3.47. The molecule has 1 heterocycles. The maximum atomic E-state index is 9.88. The maximum absolute atomic E-state index is 9.88. The molecule has 1 aliphatic rings. The lowest BCUT2D eigenvalue weighted by molar-refractivity contribution is -0.108. The Hall–Kier alpha value is -0.370. The summed E-state index contributed by atoms with van der Waals surface area (Å²) in [6.07, 6.45) is 4.48. The topological polar surface area (TPSA) is 29.6 Å². The smallest absolute Gasteiger partial charge is 0.120 e. The number of rotatable bonds is 4. The Balaban J connectivity index is 1.98.